The normalized spacial score (nSPS) is 16.4. The van der Waals surface area contributed by atoms with Gasteiger partial charge in [-0.05, 0) is 61.1 Å². The van der Waals surface area contributed by atoms with Crippen LogP contribution in [0, 0.1) is 0 Å². The number of methoxy groups -OCH3 is 1. The second-order valence-electron chi connectivity index (χ2n) is 6.75. The third kappa shape index (κ3) is 3.69. The maximum Gasteiger partial charge on any atom is 0.337 e. The van der Waals surface area contributed by atoms with Crippen molar-refractivity contribution in [1.82, 2.24) is 14.9 Å². The van der Waals surface area contributed by atoms with Crippen molar-refractivity contribution < 1.29 is 9.53 Å². The number of halogens is 1. The van der Waals surface area contributed by atoms with Crippen molar-refractivity contribution in [2.45, 2.75) is 13.0 Å². The predicted octanol–water partition coefficient (Wildman–Crippen LogP) is 4.41. The zero-order valence-electron chi connectivity index (χ0n) is 16.4. The van der Waals surface area contributed by atoms with Crippen LogP contribution in [0.4, 0.5) is 5.69 Å². The summed E-state index contributed by atoms with van der Waals surface area (Å²) in [6.07, 6.45) is 5.33. The number of benzene rings is 2. The lowest BCUT2D eigenvalue weighted by molar-refractivity contribution is -0.136. The number of thiocarbonyl (C=S) groups is 1. The number of allylic oxidation sites excluding steroid dienone is 1. The third-order valence-corrected chi connectivity index (χ3v) is 5.56. The molecule has 0 saturated carbocycles. The van der Waals surface area contributed by atoms with Crippen molar-refractivity contribution in [3.8, 4) is 5.69 Å². The highest BCUT2D eigenvalue weighted by Gasteiger charge is 2.35. The number of anilines is 1. The van der Waals surface area contributed by atoms with Gasteiger partial charge in [0.05, 0.1) is 25.1 Å². The number of nitrogens with one attached hydrogen (secondary N) is 1. The number of imidazole rings is 1. The number of rotatable bonds is 4. The lowest BCUT2D eigenvalue weighted by atomic mass is 9.94. The highest BCUT2D eigenvalue weighted by molar-refractivity contribution is 7.80. The molecular formula is C22H19ClN4O2S. The topological polar surface area (TPSA) is 59.4 Å². The molecule has 30 heavy (non-hydrogen) atoms. The van der Waals surface area contributed by atoms with Crippen LogP contribution in [0.3, 0.4) is 0 Å². The largest absolute Gasteiger partial charge is 0.466 e. The zero-order chi connectivity index (χ0) is 21.3. The molecule has 8 heteroatoms. The average molecular weight is 439 g/mol. The Morgan fingerprint density at radius 1 is 1.13 bits per heavy atom. The van der Waals surface area contributed by atoms with Crippen LogP contribution in [0.2, 0.25) is 5.02 Å². The molecule has 1 aromatic heterocycles. The maximum atomic E-state index is 12.7. The minimum atomic E-state index is -0.426. The molecule has 0 fully saturated rings. The van der Waals surface area contributed by atoms with Gasteiger partial charge in [0.1, 0.15) is 0 Å². The van der Waals surface area contributed by atoms with Gasteiger partial charge in [0.15, 0.2) is 5.11 Å². The Labute approximate surface area is 184 Å². The van der Waals surface area contributed by atoms with Gasteiger partial charge in [-0.25, -0.2) is 9.78 Å². The summed E-state index contributed by atoms with van der Waals surface area (Å²) in [5.74, 6) is -0.412. The van der Waals surface area contributed by atoms with Gasteiger partial charge in [-0.1, -0.05) is 23.7 Å². The molecule has 1 N–H and O–H groups in total. The molecule has 0 bridgehead atoms. The minimum Gasteiger partial charge on any atom is -0.466 e. The van der Waals surface area contributed by atoms with E-state index in [9.17, 15) is 4.79 Å². The lowest BCUT2D eigenvalue weighted by Gasteiger charge is -2.37. The van der Waals surface area contributed by atoms with Gasteiger partial charge in [0.25, 0.3) is 0 Å². The molecule has 6 nitrogen and oxygen atoms in total. The second kappa shape index (κ2) is 8.30. The molecule has 3 aromatic rings. The lowest BCUT2D eigenvalue weighted by Crippen LogP contribution is -2.48. The van der Waals surface area contributed by atoms with Crippen LogP contribution in [0.15, 0.2) is 78.5 Å². The minimum absolute atomic E-state index is 0.412. The first-order chi connectivity index (χ1) is 14.5. The fraction of sp³-hybridized carbons (Fsp3) is 0.136. The van der Waals surface area contributed by atoms with Crippen LogP contribution in [0.1, 0.15) is 18.5 Å². The van der Waals surface area contributed by atoms with Crippen molar-refractivity contribution in [2.75, 3.05) is 12.0 Å². The zero-order valence-corrected chi connectivity index (χ0v) is 17.9. The standard InChI is InChI=1S/C22H19ClN4O2S/c1-14-19(21(28)29-2)20(15-3-7-17(8-4-15)26-12-11-24-13-26)25-22(30)27(14)18-9-5-16(23)6-10-18/h3-13,20H,1-2H3,(H,25,30)/t20-/m1/s1. The first-order valence-electron chi connectivity index (χ1n) is 9.23. The number of esters is 1. The van der Waals surface area contributed by atoms with Crippen molar-refractivity contribution in [3.05, 3.63) is 89.1 Å². The summed E-state index contributed by atoms with van der Waals surface area (Å²) >= 11 is 11.7. The van der Waals surface area contributed by atoms with E-state index in [1.165, 1.54) is 7.11 Å². The third-order valence-electron chi connectivity index (χ3n) is 5.00. The molecule has 0 saturated heterocycles. The van der Waals surface area contributed by atoms with Gasteiger partial charge < -0.3 is 14.6 Å². The fourth-order valence-corrected chi connectivity index (χ4v) is 4.01. The smallest absolute Gasteiger partial charge is 0.337 e. The molecule has 2 heterocycles. The van der Waals surface area contributed by atoms with Gasteiger partial charge in [-0.3, -0.25) is 4.90 Å². The Morgan fingerprint density at radius 2 is 1.80 bits per heavy atom. The molecule has 1 aliphatic rings. The molecule has 1 aliphatic heterocycles. The monoisotopic (exact) mass is 438 g/mol. The van der Waals surface area contributed by atoms with Crippen molar-refractivity contribution in [3.63, 3.8) is 0 Å². The first-order valence-corrected chi connectivity index (χ1v) is 10.0. The molecule has 0 unspecified atom stereocenters. The van der Waals surface area contributed by atoms with E-state index in [-0.39, 0.29) is 0 Å². The molecule has 1 atom stereocenters. The number of aromatic nitrogens is 2. The summed E-state index contributed by atoms with van der Waals surface area (Å²) in [6.45, 7) is 1.86. The van der Waals surface area contributed by atoms with Gasteiger partial charge >= 0.3 is 5.97 Å². The van der Waals surface area contributed by atoms with Crippen LogP contribution >= 0.6 is 23.8 Å². The molecule has 0 spiro atoms. The Bertz CT molecular complexity index is 1110. The number of hydrogen-bond donors (Lipinski definition) is 1. The van der Waals surface area contributed by atoms with Crippen LogP contribution in [0.25, 0.3) is 5.69 Å². The van der Waals surface area contributed by atoms with Gasteiger partial charge in [-0.15, -0.1) is 0 Å². The Hall–Kier alpha value is -3.16. The van der Waals surface area contributed by atoms with E-state index in [2.05, 4.69) is 10.3 Å². The Kier molecular flexibility index (Phi) is 5.57. The van der Waals surface area contributed by atoms with Gasteiger partial charge in [0, 0.05) is 34.5 Å². The van der Waals surface area contributed by atoms with Crippen LogP contribution in [-0.2, 0) is 9.53 Å². The quantitative estimate of drug-likeness (QED) is 0.481. The molecule has 0 aliphatic carbocycles. The fourth-order valence-electron chi connectivity index (χ4n) is 3.52. The van der Waals surface area contributed by atoms with Gasteiger partial charge in [-0.2, -0.15) is 0 Å². The number of nitrogens with zero attached hydrogens (tertiary/aromatic N) is 3. The molecule has 0 amide bonds. The Balaban J connectivity index is 1.75. The van der Waals surface area contributed by atoms with E-state index < -0.39 is 12.0 Å². The van der Waals surface area contributed by atoms with Crippen LogP contribution < -0.4 is 10.2 Å². The molecule has 4 rings (SSSR count). The van der Waals surface area contributed by atoms with Crippen molar-refractivity contribution in [2.24, 2.45) is 0 Å². The number of ether oxygens (including phenoxy) is 1. The van der Waals surface area contributed by atoms with E-state index in [1.807, 2.05) is 59.0 Å². The summed E-state index contributed by atoms with van der Waals surface area (Å²) in [5.41, 5.74) is 3.88. The second-order valence-corrected chi connectivity index (χ2v) is 7.57. The number of hydrogen-bond acceptors (Lipinski definition) is 4. The summed E-state index contributed by atoms with van der Waals surface area (Å²) in [7, 11) is 1.38. The molecule has 2 aromatic carbocycles. The van der Waals surface area contributed by atoms with E-state index in [0.717, 1.165) is 16.9 Å². The number of carbonyl (C=O) groups is 1. The highest BCUT2D eigenvalue weighted by Crippen LogP contribution is 2.34. The van der Waals surface area contributed by atoms with Gasteiger partial charge in [0.2, 0.25) is 0 Å². The van der Waals surface area contributed by atoms with E-state index in [4.69, 9.17) is 28.6 Å². The summed E-state index contributed by atoms with van der Waals surface area (Å²) < 4.78 is 7.00. The van der Waals surface area contributed by atoms with Crippen LogP contribution in [-0.4, -0.2) is 27.7 Å². The van der Waals surface area contributed by atoms with Crippen molar-refractivity contribution in [1.29, 1.82) is 0 Å². The SMILES string of the molecule is COC(=O)C1=C(C)N(c2ccc(Cl)cc2)C(=S)N[C@@H]1c1ccc(-n2ccnc2)cc1. The van der Waals surface area contributed by atoms with E-state index in [1.54, 1.807) is 24.7 Å². The molecule has 152 valence electrons. The van der Waals surface area contributed by atoms with E-state index >= 15 is 0 Å². The predicted molar refractivity (Wildman–Crippen MR) is 121 cm³/mol. The molecule has 0 radical (unpaired) electrons. The average Bonchev–Trinajstić information content (AvgIpc) is 3.29. The first kappa shape index (κ1) is 20.1. The number of carbonyl (C=O) groups excluding carboxylic acids is 1. The van der Waals surface area contributed by atoms with Crippen molar-refractivity contribution >= 4 is 40.6 Å². The van der Waals surface area contributed by atoms with Crippen LogP contribution in [0.5, 0.6) is 0 Å². The Morgan fingerprint density at radius 3 is 2.40 bits per heavy atom. The molecular weight excluding hydrogens is 420 g/mol. The highest BCUT2D eigenvalue weighted by atomic mass is 35.5. The summed E-state index contributed by atoms with van der Waals surface area (Å²) in [5, 5.41) is 4.41. The van der Waals surface area contributed by atoms with E-state index in [0.29, 0.717) is 21.4 Å². The maximum absolute atomic E-state index is 12.7. The summed E-state index contributed by atoms with van der Waals surface area (Å²) in [6, 6.07) is 14.7. The summed E-state index contributed by atoms with van der Waals surface area (Å²) in [4.78, 5) is 18.6.